The number of hydrogen-bond donors (Lipinski definition) is 1. The van der Waals surface area contributed by atoms with Gasteiger partial charge in [0.2, 0.25) is 0 Å². The summed E-state index contributed by atoms with van der Waals surface area (Å²) in [6.07, 6.45) is 0. The molecule has 2 N–H and O–H groups in total. The fourth-order valence-electron chi connectivity index (χ4n) is 1.88. The summed E-state index contributed by atoms with van der Waals surface area (Å²) in [5.41, 5.74) is 6.76. The van der Waals surface area contributed by atoms with Crippen LogP contribution in [0.3, 0.4) is 0 Å². The first-order chi connectivity index (χ1) is 8.52. The summed E-state index contributed by atoms with van der Waals surface area (Å²) in [4.78, 5) is 13.6. The SMILES string of the molecule is CC(C)n1c(-c2cccs2)ccc(C(N)=S)c1=O. The molecule has 3 nitrogen and oxygen atoms in total. The summed E-state index contributed by atoms with van der Waals surface area (Å²) in [5.74, 6) is 0. The van der Waals surface area contributed by atoms with Crippen molar-refractivity contribution in [2.45, 2.75) is 19.9 Å². The molecule has 0 saturated carbocycles. The molecule has 0 atom stereocenters. The van der Waals surface area contributed by atoms with Gasteiger partial charge < -0.3 is 10.3 Å². The van der Waals surface area contributed by atoms with Gasteiger partial charge in [0, 0.05) is 6.04 Å². The lowest BCUT2D eigenvalue weighted by atomic mass is 10.2. The van der Waals surface area contributed by atoms with Crippen LogP contribution in [0.4, 0.5) is 0 Å². The lowest BCUT2D eigenvalue weighted by Crippen LogP contribution is -2.30. The maximum Gasteiger partial charge on any atom is 0.261 e. The normalized spacial score (nSPS) is 10.8. The fourth-order valence-corrected chi connectivity index (χ4v) is 2.78. The van der Waals surface area contributed by atoms with E-state index in [9.17, 15) is 4.79 Å². The average Bonchev–Trinajstić information content (AvgIpc) is 2.80. The molecule has 0 amide bonds. The Morgan fingerprint density at radius 3 is 2.61 bits per heavy atom. The first kappa shape index (κ1) is 13.0. The number of pyridine rings is 1. The summed E-state index contributed by atoms with van der Waals surface area (Å²) in [7, 11) is 0. The highest BCUT2D eigenvalue weighted by Crippen LogP contribution is 2.25. The number of thiophene rings is 1. The molecule has 94 valence electrons. The van der Waals surface area contributed by atoms with Gasteiger partial charge in [-0.2, -0.15) is 0 Å². The third-order valence-corrected chi connectivity index (χ3v) is 3.78. The summed E-state index contributed by atoms with van der Waals surface area (Å²) in [5, 5.41) is 1.99. The first-order valence-electron chi connectivity index (χ1n) is 5.61. The van der Waals surface area contributed by atoms with Gasteiger partial charge in [-0.1, -0.05) is 18.3 Å². The molecule has 2 rings (SSSR count). The molecule has 0 aromatic carbocycles. The zero-order chi connectivity index (χ0) is 13.3. The highest BCUT2D eigenvalue weighted by Gasteiger charge is 2.14. The quantitative estimate of drug-likeness (QED) is 0.878. The van der Waals surface area contributed by atoms with Crippen LogP contribution in [0.15, 0.2) is 34.4 Å². The molecule has 0 fully saturated rings. The van der Waals surface area contributed by atoms with Crippen molar-refractivity contribution in [1.29, 1.82) is 0 Å². The Kier molecular flexibility index (Phi) is 3.63. The van der Waals surface area contributed by atoms with Crippen LogP contribution in [0.5, 0.6) is 0 Å². The van der Waals surface area contributed by atoms with Crippen LogP contribution >= 0.6 is 23.6 Å². The van der Waals surface area contributed by atoms with Crippen LogP contribution < -0.4 is 11.3 Å². The van der Waals surface area contributed by atoms with Gasteiger partial charge in [0.25, 0.3) is 5.56 Å². The minimum atomic E-state index is -0.122. The van der Waals surface area contributed by atoms with E-state index in [1.54, 1.807) is 22.0 Å². The van der Waals surface area contributed by atoms with Crippen molar-refractivity contribution in [2.75, 3.05) is 0 Å². The predicted molar refractivity (Wildman–Crippen MR) is 80.3 cm³/mol. The predicted octanol–water partition coefficient (Wildman–Crippen LogP) is 2.79. The van der Waals surface area contributed by atoms with Crippen molar-refractivity contribution in [2.24, 2.45) is 5.73 Å². The molecule has 0 radical (unpaired) electrons. The molecule has 5 heteroatoms. The molecular formula is C13H14N2OS2. The largest absolute Gasteiger partial charge is 0.389 e. The van der Waals surface area contributed by atoms with E-state index in [0.29, 0.717) is 5.56 Å². The number of nitrogens with zero attached hydrogens (tertiary/aromatic N) is 1. The molecule has 2 aromatic heterocycles. The van der Waals surface area contributed by atoms with Crippen molar-refractivity contribution >= 4 is 28.5 Å². The molecule has 0 aliphatic heterocycles. The Labute approximate surface area is 115 Å². The van der Waals surface area contributed by atoms with Gasteiger partial charge >= 0.3 is 0 Å². The molecule has 2 aromatic rings. The number of hydrogen-bond acceptors (Lipinski definition) is 3. The summed E-state index contributed by atoms with van der Waals surface area (Å²) in [6, 6.07) is 7.64. The second kappa shape index (κ2) is 5.04. The highest BCUT2D eigenvalue weighted by atomic mass is 32.1. The van der Waals surface area contributed by atoms with E-state index in [4.69, 9.17) is 18.0 Å². The van der Waals surface area contributed by atoms with E-state index in [0.717, 1.165) is 10.6 Å². The van der Waals surface area contributed by atoms with Crippen LogP contribution in [0, 0.1) is 0 Å². The third-order valence-electron chi connectivity index (χ3n) is 2.67. The van der Waals surface area contributed by atoms with Gasteiger partial charge in [0.05, 0.1) is 16.1 Å². The standard InChI is InChI=1S/C13H14N2OS2/c1-8(2)15-10(11-4-3-7-18-11)6-5-9(12(14)17)13(15)16/h3-8H,1-2H3,(H2,14,17). The summed E-state index contributed by atoms with van der Waals surface area (Å²) < 4.78 is 1.74. The van der Waals surface area contributed by atoms with Crippen LogP contribution in [0.25, 0.3) is 10.6 Å². The summed E-state index contributed by atoms with van der Waals surface area (Å²) in [6.45, 7) is 3.95. The van der Waals surface area contributed by atoms with Gasteiger partial charge in [-0.25, -0.2) is 0 Å². The molecule has 0 spiro atoms. The molecule has 0 saturated heterocycles. The van der Waals surface area contributed by atoms with Gasteiger partial charge in [-0.3, -0.25) is 4.79 Å². The minimum Gasteiger partial charge on any atom is -0.389 e. The Morgan fingerprint density at radius 1 is 1.39 bits per heavy atom. The number of thiocarbonyl (C=S) groups is 1. The molecule has 0 bridgehead atoms. The van der Waals surface area contributed by atoms with Gasteiger partial charge in [0.1, 0.15) is 4.99 Å². The van der Waals surface area contributed by atoms with Crippen LogP contribution in [0.1, 0.15) is 25.5 Å². The fraction of sp³-hybridized carbons (Fsp3) is 0.231. The Balaban J connectivity index is 2.73. The maximum absolute atomic E-state index is 12.4. The Hall–Kier alpha value is -1.46. The Morgan fingerprint density at radius 2 is 2.11 bits per heavy atom. The summed E-state index contributed by atoms with van der Waals surface area (Å²) >= 11 is 6.51. The minimum absolute atomic E-state index is 0.0592. The van der Waals surface area contributed by atoms with E-state index < -0.39 is 0 Å². The monoisotopic (exact) mass is 278 g/mol. The number of nitrogens with two attached hydrogens (primary N) is 1. The first-order valence-corrected chi connectivity index (χ1v) is 6.90. The van der Waals surface area contributed by atoms with E-state index in [1.165, 1.54) is 0 Å². The third kappa shape index (κ3) is 2.23. The van der Waals surface area contributed by atoms with Crippen molar-refractivity contribution in [3.63, 3.8) is 0 Å². The van der Waals surface area contributed by atoms with Crippen molar-refractivity contribution < 1.29 is 0 Å². The van der Waals surface area contributed by atoms with E-state index in [2.05, 4.69) is 0 Å². The number of rotatable bonds is 3. The van der Waals surface area contributed by atoms with Gasteiger partial charge in [-0.15, -0.1) is 11.3 Å². The number of aromatic nitrogens is 1. The van der Waals surface area contributed by atoms with Crippen molar-refractivity contribution in [1.82, 2.24) is 4.57 Å². The molecule has 2 heterocycles. The van der Waals surface area contributed by atoms with Crippen molar-refractivity contribution in [3.05, 3.63) is 45.6 Å². The van der Waals surface area contributed by atoms with Crippen molar-refractivity contribution in [3.8, 4) is 10.6 Å². The zero-order valence-corrected chi connectivity index (χ0v) is 11.8. The topological polar surface area (TPSA) is 48.0 Å². The van der Waals surface area contributed by atoms with Crippen LogP contribution in [-0.2, 0) is 0 Å². The maximum atomic E-state index is 12.4. The smallest absolute Gasteiger partial charge is 0.261 e. The second-order valence-electron chi connectivity index (χ2n) is 4.24. The lowest BCUT2D eigenvalue weighted by molar-refractivity contribution is 0.585. The van der Waals surface area contributed by atoms with E-state index in [-0.39, 0.29) is 16.6 Å². The second-order valence-corrected chi connectivity index (χ2v) is 5.63. The van der Waals surface area contributed by atoms with E-state index >= 15 is 0 Å². The lowest BCUT2D eigenvalue weighted by Gasteiger charge is -2.16. The van der Waals surface area contributed by atoms with E-state index in [1.807, 2.05) is 37.4 Å². The zero-order valence-electron chi connectivity index (χ0n) is 10.2. The average molecular weight is 278 g/mol. The molecule has 0 aliphatic carbocycles. The van der Waals surface area contributed by atoms with Crippen LogP contribution in [-0.4, -0.2) is 9.56 Å². The van der Waals surface area contributed by atoms with Crippen LogP contribution in [0.2, 0.25) is 0 Å². The molecule has 18 heavy (non-hydrogen) atoms. The molecule has 0 unspecified atom stereocenters. The highest BCUT2D eigenvalue weighted by molar-refractivity contribution is 7.80. The van der Waals surface area contributed by atoms with Gasteiger partial charge in [0.15, 0.2) is 0 Å². The Bertz CT molecular complexity index is 627. The van der Waals surface area contributed by atoms with Gasteiger partial charge in [-0.05, 0) is 37.4 Å². The molecule has 0 aliphatic rings. The molecular weight excluding hydrogens is 264 g/mol.